The fraction of sp³-hybridized carbons (Fsp3) is 0.200. The second-order valence-electron chi connectivity index (χ2n) is 6.28. The van der Waals surface area contributed by atoms with Crippen LogP contribution in [0.25, 0.3) is 10.8 Å². The molecule has 1 aliphatic rings. The van der Waals surface area contributed by atoms with Gasteiger partial charge in [0.2, 0.25) is 0 Å². The molecule has 2 aromatic carbocycles. The van der Waals surface area contributed by atoms with E-state index in [2.05, 4.69) is 9.88 Å². The van der Waals surface area contributed by atoms with Crippen molar-refractivity contribution in [1.29, 1.82) is 0 Å². The molecule has 0 radical (unpaired) electrons. The fourth-order valence-electron chi connectivity index (χ4n) is 3.22. The number of anilines is 1. The molecule has 1 aliphatic heterocycles. The summed E-state index contributed by atoms with van der Waals surface area (Å²) in [6, 6.07) is 15.6. The third-order valence-electron chi connectivity index (χ3n) is 4.66. The van der Waals surface area contributed by atoms with Crippen LogP contribution in [-0.4, -0.2) is 42.0 Å². The predicted octanol–water partition coefficient (Wildman–Crippen LogP) is 3.99. The number of aromatic nitrogens is 1. The zero-order valence-electron chi connectivity index (χ0n) is 14.0. The maximum Gasteiger partial charge on any atom is 0.253 e. The first-order valence-corrected chi connectivity index (χ1v) is 8.85. The molecule has 1 saturated heterocycles. The number of benzene rings is 2. The summed E-state index contributed by atoms with van der Waals surface area (Å²) in [6.07, 6.45) is 0. The van der Waals surface area contributed by atoms with Gasteiger partial charge in [-0.1, -0.05) is 35.9 Å². The second kappa shape index (κ2) is 6.92. The van der Waals surface area contributed by atoms with Crippen molar-refractivity contribution < 1.29 is 9.18 Å². The Labute approximate surface area is 155 Å². The van der Waals surface area contributed by atoms with E-state index in [9.17, 15) is 9.18 Å². The van der Waals surface area contributed by atoms with Gasteiger partial charge in [-0.15, -0.1) is 0 Å². The van der Waals surface area contributed by atoms with Gasteiger partial charge in [-0.3, -0.25) is 4.79 Å². The second-order valence-corrected chi connectivity index (χ2v) is 6.64. The summed E-state index contributed by atoms with van der Waals surface area (Å²) >= 11 is 6.32. The minimum Gasteiger partial charge on any atom is -0.353 e. The molecule has 0 unspecified atom stereocenters. The van der Waals surface area contributed by atoms with Crippen molar-refractivity contribution in [3.05, 3.63) is 71.1 Å². The predicted molar refractivity (Wildman–Crippen MR) is 101 cm³/mol. The average molecular weight is 370 g/mol. The monoisotopic (exact) mass is 369 g/mol. The zero-order chi connectivity index (χ0) is 18.1. The molecule has 4 rings (SSSR count). The first kappa shape index (κ1) is 16.8. The summed E-state index contributed by atoms with van der Waals surface area (Å²) in [4.78, 5) is 21.0. The lowest BCUT2D eigenvalue weighted by Crippen LogP contribution is -2.49. The number of nitrogens with zero attached hydrogens (tertiary/aromatic N) is 3. The average Bonchev–Trinajstić information content (AvgIpc) is 2.68. The van der Waals surface area contributed by atoms with Crippen LogP contribution < -0.4 is 4.90 Å². The number of piperazine rings is 1. The third kappa shape index (κ3) is 3.22. The van der Waals surface area contributed by atoms with Crippen LogP contribution in [0.2, 0.25) is 5.15 Å². The highest BCUT2D eigenvalue weighted by Gasteiger charge is 2.23. The van der Waals surface area contributed by atoms with Gasteiger partial charge < -0.3 is 9.80 Å². The van der Waals surface area contributed by atoms with Gasteiger partial charge in [0.25, 0.3) is 5.91 Å². The molecule has 132 valence electrons. The van der Waals surface area contributed by atoms with Gasteiger partial charge in [-0.05, 0) is 35.7 Å². The number of carbonyl (C=O) groups is 1. The minimum absolute atomic E-state index is 0.0749. The van der Waals surface area contributed by atoms with Crippen LogP contribution in [0.5, 0.6) is 0 Å². The smallest absolute Gasteiger partial charge is 0.253 e. The molecule has 1 aromatic heterocycles. The Balaban J connectivity index is 1.48. The van der Waals surface area contributed by atoms with Gasteiger partial charge in [-0.2, -0.15) is 0 Å². The molecule has 1 fully saturated rings. The number of rotatable bonds is 2. The number of hydrogen-bond acceptors (Lipinski definition) is 3. The van der Waals surface area contributed by atoms with E-state index >= 15 is 0 Å². The molecule has 0 saturated carbocycles. The zero-order valence-corrected chi connectivity index (χ0v) is 14.8. The fourth-order valence-corrected chi connectivity index (χ4v) is 3.48. The molecule has 26 heavy (non-hydrogen) atoms. The summed E-state index contributed by atoms with van der Waals surface area (Å²) in [7, 11) is 0. The van der Waals surface area contributed by atoms with E-state index in [0.29, 0.717) is 36.9 Å². The molecule has 0 N–H and O–H groups in total. The molecule has 4 nitrogen and oxygen atoms in total. The van der Waals surface area contributed by atoms with Crippen LogP contribution in [0.1, 0.15) is 10.4 Å². The van der Waals surface area contributed by atoms with Crippen LogP contribution in [0, 0.1) is 5.82 Å². The molecule has 3 aromatic rings. The van der Waals surface area contributed by atoms with E-state index < -0.39 is 0 Å². The van der Waals surface area contributed by atoms with Gasteiger partial charge in [-0.25, -0.2) is 9.37 Å². The first-order chi connectivity index (χ1) is 12.6. The SMILES string of the molecule is O=C(c1ccc(F)cc1)N1CCN(c2cc3ccccc3c(Cl)n2)CC1. The van der Waals surface area contributed by atoms with Gasteiger partial charge in [0.15, 0.2) is 0 Å². The summed E-state index contributed by atoms with van der Waals surface area (Å²) in [6.45, 7) is 2.52. The molecule has 6 heteroatoms. The third-order valence-corrected chi connectivity index (χ3v) is 4.95. The molecule has 0 bridgehead atoms. The Hall–Kier alpha value is -2.66. The highest BCUT2D eigenvalue weighted by atomic mass is 35.5. The van der Waals surface area contributed by atoms with Gasteiger partial charge in [0, 0.05) is 37.1 Å². The van der Waals surface area contributed by atoms with E-state index in [-0.39, 0.29) is 11.7 Å². The highest BCUT2D eigenvalue weighted by molar-refractivity contribution is 6.34. The summed E-state index contributed by atoms with van der Waals surface area (Å²) in [5.74, 6) is 0.405. The maximum absolute atomic E-state index is 13.0. The van der Waals surface area contributed by atoms with Crippen molar-refractivity contribution in [2.75, 3.05) is 31.1 Å². The molecular formula is C20H17ClFN3O. The van der Waals surface area contributed by atoms with Crippen LogP contribution in [-0.2, 0) is 0 Å². The van der Waals surface area contributed by atoms with Gasteiger partial charge in [0.1, 0.15) is 16.8 Å². The van der Waals surface area contributed by atoms with Crippen LogP contribution in [0.3, 0.4) is 0 Å². The van der Waals surface area contributed by atoms with Crippen LogP contribution in [0.4, 0.5) is 10.2 Å². The Kier molecular flexibility index (Phi) is 4.47. The number of amides is 1. The molecular weight excluding hydrogens is 353 g/mol. The largest absolute Gasteiger partial charge is 0.353 e. The van der Waals surface area contributed by atoms with Crippen molar-refractivity contribution in [2.24, 2.45) is 0 Å². The van der Waals surface area contributed by atoms with E-state index in [1.165, 1.54) is 24.3 Å². The molecule has 0 atom stereocenters. The van der Waals surface area contributed by atoms with Crippen molar-refractivity contribution in [3.63, 3.8) is 0 Å². The number of carbonyl (C=O) groups excluding carboxylic acids is 1. The Morgan fingerprint density at radius 2 is 1.69 bits per heavy atom. The lowest BCUT2D eigenvalue weighted by molar-refractivity contribution is 0.0746. The Morgan fingerprint density at radius 3 is 2.42 bits per heavy atom. The maximum atomic E-state index is 13.0. The highest BCUT2D eigenvalue weighted by Crippen LogP contribution is 2.27. The van der Waals surface area contributed by atoms with Gasteiger partial charge >= 0.3 is 0 Å². The van der Waals surface area contributed by atoms with Crippen LogP contribution in [0.15, 0.2) is 54.6 Å². The molecule has 0 spiro atoms. The van der Waals surface area contributed by atoms with E-state index in [1.54, 1.807) is 4.90 Å². The van der Waals surface area contributed by atoms with Gasteiger partial charge in [0.05, 0.1) is 0 Å². The summed E-state index contributed by atoms with van der Waals surface area (Å²) < 4.78 is 13.0. The standard InChI is InChI=1S/C20H17ClFN3O/c21-19-17-4-2-1-3-15(17)13-18(23-19)24-9-11-25(12-10-24)20(26)14-5-7-16(22)8-6-14/h1-8,13H,9-12H2. The summed E-state index contributed by atoms with van der Waals surface area (Å²) in [5.41, 5.74) is 0.506. The van der Waals surface area contributed by atoms with E-state index in [1.807, 2.05) is 30.3 Å². The lowest BCUT2D eigenvalue weighted by Gasteiger charge is -2.35. The van der Waals surface area contributed by atoms with Crippen molar-refractivity contribution in [3.8, 4) is 0 Å². The number of halogens is 2. The van der Waals surface area contributed by atoms with Crippen molar-refractivity contribution in [2.45, 2.75) is 0 Å². The number of pyridine rings is 1. The summed E-state index contributed by atoms with van der Waals surface area (Å²) in [5, 5.41) is 2.47. The molecule has 2 heterocycles. The van der Waals surface area contributed by atoms with Crippen LogP contribution >= 0.6 is 11.6 Å². The number of fused-ring (bicyclic) bond motifs is 1. The quantitative estimate of drug-likeness (QED) is 0.641. The normalized spacial score (nSPS) is 14.7. The lowest BCUT2D eigenvalue weighted by atomic mass is 10.1. The first-order valence-electron chi connectivity index (χ1n) is 8.47. The molecule has 0 aliphatic carbocycles. The molecule has 1 amide bonds. The van der Waals surface area contributed by atoms with Crippen molar-refractivity contribution >= 4 is 34.1 Å². The van der Waals surface area contributed by atoms with Crippen molar-refractivity contribution in [1.82, 2.24) is 9.88 Å². The van der Waals surface area contributed by atoms with E-state index in [4.69, 9.17) is 11.6 Å². The number of hydrogen-bond donors (Lipinski definition) is 0. The Morgan fingerprint density at radius 1 is 1.00 bits per heavy atom. The Bertz CT molecular complexity index is 953. The topological polar surface area (TPSA) is 36.4 Å². The van der Waals surface area contributed by atoms with E-state index in [0.717, 1.165) is 16.6 Å². The minimum atomic E-state index is -0.342.